The van der Waals surface area contributed by atoms with E-state index in [0.717, 1.165) is 40.6 Å². The Morgan fingerprint density at radius 2 is 1.96 bits per heavy atom. The number of carbonyl (C=O) groups is 1. The van der Waals surface area contributed by atoms with Crippen molar-refractivity contribution in [3.63, 3.8) is 0 Å². The van der Waals surface area contributed by atoms with Gasteiger partial charge in [0, 0.05) is 28.9 Å². The third kappa shape index (κ3) is 2.07. The Hall–Kier alpha value is -2.66. The van der Waals surface area contributed by atoms with Crippen molar-refractivity contribution < 1.29 is 15.0 Å². The average Bonchev–Trinajstić information content (AvgIpc) is 3.16. The molecule has 0 amide bonds. The highest BCUT2D eigenvalue weighted by molar-refractivity contribution is 5.99. The Morgan fingerprint density at radius 1 is 1.15 bits per heavy atom. The normalized spacial score (nSPS) is 19.5. The molecule has 1 fully saturated rings. The molecule has 1 aliphatic heterocycles. The first kappa shape index (κ1) is 15.6. The predicted molar refractivity (Wildman–Crippen MR) is 98.3 cm³/mol. The number of benzene rings is 1. The highest BCUT2D eigenvalue weighted by Gasteiger charge is 2.35. The number of carboxylic acids is 1. The number of hydrogen-bond acceptors (Lipinski definition) is 3. The van der Waals surface area contributed by atoms with Crippen LogP contribution in [0.15, 0.2) is 36.7 Å². The molecule has 1 aromatic carbocycles. The molecule has 1 atom stereocenters. The molecule has 5 heteroatoms. The van der Waals surface area contributed by atoms with E-state index in [-0.39, 0.29) is 5.56 Å². The Balaban J connectivity index is 1.85. The summed E-state index contributed by atoms with van der Waals surface area (Å²) >= 11 is 0. The van der Waals surface area contributed by atoms with Crippen molar-refractivity contribution in [1.29, 1.82) is 0 Å². The first-order chi connectivity index (χ1) is 12.7. The van der Waals surface area contributed by atoms with Gasteiger partial charge in [0.05, 0.1) is 16.8 Å². The zero-order valence-electron chi connectivity index (χ0n) is 14.4. The van der Waals surface area contributed by atoms with Gasteiger partial charge in [0.25, 0.3) is 0 Å². The molecule has 0 bridgehead atoms. The molecule has 1 aliphatic carbocycles. The fourth-order valence-electron chi connectivity index (χ4n) is 4.77. The van der Waals surface area contributed by atoms with Gasteiger partial charge >= 0.3 is 5.97 Å². The standard InChI is InChI=1S/C21H20N2O3/c24-20-14-8-9-22-11-16(14)19-18(12-4-2-1-3-5-12)15-7-6-13(21(25)26)10-17(15)23(19)20/h6-12,20,24H,1-5H2,(H,25,26). The van der Waals surface area contributed by atoms with Crippen LogP contribution >= 0.6 is 0 Å². The molecule has 3 heterocycles. The van der Waals surface area contributed by atoms with Crippen molar-refractivity contribution >= 4 is 16.9 Å². The fraction of sp³-hybridized carbons (Fsp3) is 0.333. The average molecular weight is 348 g/mol. The summed E-state index contributed by atoms with van der Waals surface area (Å²) in [7, 11) is 0. The van der Waals surface area contributed by atoms with Crippen LogP contribution in [0.1, 0.15) is 65.7 Å². The Morgan fingerprint density at radius 3 is 2.73 bits per heavy atom. The molecule has 3 aromatic rings. The lowest BCUT2D eigenvalue weighted by Gasteiger charge is -2.22. The van der Waals surface area contributed by atoms with E-state index < -0.39 is 12.2 Å². The number of aromatic nitrogens is 2. The monoisotopic (exact) mass is 348 g/mol. The summed E-state index contributed by atoms with van der Waals surface area (Å²) in [6.07, 6.45) is 8.69. The van der Waals surface area contributed by atoms with Gasteiger partial charge < -0.3 is 14.8 Å². The van der Waals surface area contributed by atoms with Crippen LogP contribution in [-0.4, -0.2) is 25.7 Å². The fourth-order valence-corrected chi connectivity index (χ4v) is 4.77. The first-order valence-corrected chi connectivity index (χ1v) is 9.20. The maximum Gasteiger partial charge on any atom is 0.335 e. The van der Waals surface area contributed by atoms with Gasteiger partial charge in [-0.1, -0.05) is 25.3 Å². The van der Waals surface area contributed by atoms with Crippen molar-refractivity contribution in [2.24, 2.45) is 0 Å². The number of nitrogens with zero attached hydrogens (tertiary/aromatic N) is 2. The van der Waals surface area contributed by atoms with Crippen LogP contribution in [0.4, 0.5) is 0 Å². The molecule has 1 unspecified atom stereocenters. The maximum atomic E-state index is 11.5. The van der Waals surface area contributed by atoms with Crippen molar-refractivity contribution in [1.82, 2.24) is 9.55 Å². The summed E-state index contributed by atoms with van der Waals surface area (Å²) < 4.78 is 1.90. The van der Waals surface area contributed by atoms with Crippen LogP contribution in [0, 0.1) is 0 Å². The summed E-state index contributed by atoms with van der Waals surface area (Å²) in [6.45, 7) is 0. The number of aliphatic hydroxyl groups excluding tert-OH is 1. The number of fused-ring (bicyclic) bond motifs is 5. The smallest absolute Gasteiger partial charge is 0.335 e. The Kier molecular flexibility index (Phi) is 3.40. The zero-order valence-corrected chi connectivity index (χ0v) is 14.4. The van der Waals surface area contributed by atoms with Crippen molar-refractivity contribution in [2.45, 2.75) is 44.2 Å². The number of rotatable bonds is 2. The minimum absolute atomic E-state index is 0.245. The molecule has 1 saturated carbocycles. The molecular weight excluding hydrogens is 328 g/mol. The second kappa shape index (κ2) is 5.68. The van der Waals surface area contributed by atoms with E-state index in [1.807, 2.05) is 22.9 Å². The summed E-state index contributed by atoms with van der Waals surface area (Å²) in [4.78, 5) is 15.7. The van der Waals surface area contributed by atoms with Crippen LogP contribution in [0.3, 0.4) is 0 Å². The molecule has 5 rings (SSSR count). The van der Waals surface area contributed by atoms with E-state index in [2.05, 4.69) is 4.98 Å². The van der Waals surface area contributed by atoms with E-state index in [9.17, 15) is 15.0 Å². The largest absolute Gasteiger partial charge is 0.478 e. The van der Waals surface area contributed by atoms with Crippen molar-refractivity contribution in [3.05, 3.63) is 53.3 Å². The lowest BCUT2D eigenvalue weighted by atomic mass is 9.82. The summed E-state index contributed by atoms with van der Waals surface area (Å²) in [6, 6.07) is 7.13. The summed E-state index contributed by atoms with van der Waals surface area (Å²) in [5.74, 6) is -0.509. The minimum Gasteiger partial charge on any atom is -0.478 e. The van der Waals surface area contributed by atoms with Crippen LogP contribution in [0.5, 0.6) is 0 Å². The molecule has 26 heavy (non-hydrogen) atoms. The predicted octanol–water partition coefficient (Wildman–Crippen LogP) is 4.30. The third-order valence-electron chi connectivity index (χ3n) is 5.94. The van der Waals surface area contributed by atoms with Gasteiger partial charge in [0.1, 0.15) is 0 Å². The molecule has 2 aliphatic rings. The van der Waals surface area contributed by atoms with Crippen molar-refractivity contribution in [2.75, 3.05) is 0 Å². The van der Waals surface area contributed by atoms with E-state index in [0.29, 0.717) is 5.92 Å². The number of hydrogen-bond donors (Lipinski definition) is 2. The van der Waals surface area contributed by atoms with Crippen LogP contribution < -0.4 is 0 Å². The third-order valence-corrected chi connectivity index (χ3v) is 5.94. The van der Waals surface area contributed by atoms with Crippen LogP contribution in [0.25, 0.3) is 22.2 Å². The van der Waals surface area contributed by atoms with Gasteiger partial charge in [-0.25, -0.2) is 4.79 Å². The first-order valence-electron chi connectivity index (χ1n) is 9.20. The van der Waals surface area contributed by atoms with Crippen molar-refractivity contribution in [3.8, 4) is 11.3 Å². The molecular formula is C21H20N2O3. The Bertz CT molecular complexity index is 1030. The highest BCUT2D eigenvalue weighted by atomic mass is 16.4. The number of aliphatic hydroxyl groups is 1. The Labute approximate surface area is 150 Å². The lowest BCUT2D eigenvalue weighted by molar-refractivity contribution is 0.0697. The molecule has 2 N–H and O–H groups in total. The minimum atomic E-state index is -0.951. The number of pyridine rings is 1. The topological polar surface area (TPSA) is 75.3 Å². The van der Waals surface area contributed by atoms with E-state index >= 15 is 0 Å². The lowest BCUT2D eigenvalue weighted by Crippen LogP contribution is -2.06. The van der Waals surface area contributed by atoms with E-state index in [4.69, 9.17) is 0 Å². The molecule has 0 saturated heterocycles. The SMILES string of the molecule is O=C(O)c1ccc2c(C3CCCCC3)c3n(c2c1)C(O)c1ccncc1-3. The summed E-state index contributed by atoms with van der Waals surface area (Å²) in [5.41, 5.74) is 5.12. The van der Waals surface area contributed by atoms with Crippen LogP contribution in [0.2, 0.25) is 0 Å². The highest BCUT2D eigenvalue weighted by Crippen LogP contribution is 2.50. The van der Waals surface area contributed by atoms with Gasteiger partial charge in [-0.05, 0) is 42.5 Å². The zero-order chi connectivity index (χ0) is 17.8. The molecule has 132 valence electrons. The number of carboxylic acid groups (broad SMARTS) is 1. The van der Waals surface area contributed by atoms with Gasteiger partial charge in [-0.2, -0.15) is 0 Å². The maximum absolute atomic E-state index is 11.5. The quantitative estimate of drug-likeness (QED) is 0.724. The van der Waals surface area contributed by atoms with Gasteiger partial charge in [0.15, 0.2) is 6.23 Å². The molecule has 0 spiro atoms. The van der Waals surface area contributed by atoms with E-state index in [1.165, 1.54) is 24.8 Å². The van der Waals surface area contributed by atoms with Gasteiger partial charge in [-0.3, -0.25) is 4.98 Å². The second-order valence-corrected chi connectivity index (χ2v) is 7.34. The van der Waals surface area contributed by atoms with Crippen LogP contribution in [-0.2, 0) is 0 Å². The van der Waals surface area contributed by atoms with Gasteiger partial charge in [-0.15, -0.1) is 0 Å². The summed E-state index contributed by atoms with van der Waals surface area (Å²) in [5, 5.41) is 21.4. The van der Waals surface area contributed by atoms with Gasteiger partial charge in [0.2, 0.25) is 0 Å². The number of aromatic carboxylic acids is 1. The molecule has 0 radical (unpaired) electrons. The molecule has 5 nitrogen and oxygen atoms in total. The van der Waals surface area contributed by atoms with E-state index in [1.54, 1.807) is 18.3 Å². The molecule has 2 aromatic heterocycles. The second-order valence-electron chi connectivity index (χ2n) is 7.34.